The lowest BCUT2D eigenvalue weighted by Gasteiger charge is -2.73. The molecule has 1 saturated heterocycles. The molecule has 5 aliphatic carbocycles. The topological polar surface area (TPSA) is 39.4 Å². The van der Waals surface area contributed by atoms with Gasteiger partial charge < -0.3 is 9.15 Å². The molecule has 0 spiro atoms. The minimum absolute atomic E-state index is 0.132. The Morgan fingerprint density at radius 3 is 2.37 bits per heavy atom. The number of hydrogen-bond acceptors (Lipinski definition) is 3. The molecule has 9 atom stereocenters. The van der Waals surface area contributed by atoms with E-state index in [2.05, 4.69) is 54.5 Å². The van der Waals surface area contributed by atoms with E-state index in [0.717, 1.165) is 36.2 Å². The van der Waals surface area contributed by atoms with E-state index in [9.17, 15) is 4.79 Å². The van der Waals surface area contributed by atoms with Crippen LogP contribution in [0.3, 0.4) is 0 Å². The average molecular weight is 519 g/mol. The highest BCUT2D eigenvalue weighted by molar-refractivity contribution is 6.04. The molecule has 3 nitrogen and oxygen atoms in total. The van der Waals surface area contributed by atoms with E-state index in [1.54, 1.807) is 6.26 Å². The van der Waals surface area contributed by atoms with Crippen molar-refractivity contribution in [2.75, 3.05) is 6.61 Å². The Balaban J connectivity index is 1.29. The molecule has 38 heavy (non-hydrogen) atoms. The quantitative estimate of drug-likeness (QED) is 0.349. The van der Waals surface area contributed by atoms with Gasteiger partial charge in [0.2, 0.25) is 0 Å². The van der Waals surface area contributed by atoms with Gasteiger partial charge in [0.15, 0.2) is 5.78 Å². The van der Waals surface area contributed by atoms with Crippen LogP contribution in [-0.2, 0) is 9.53 Å². The van der Waals surface area contributed by atoms with Crippen LogP contribution in [-0.4, -0.2) is 18.5 Å². The van der Waals surface area contributed by atoms with Crippen molar-refractivity contribution < 1.29 is 13.9 Å². The summed E-state index contributed by atoms with van der Waals surface area (Å²) in [5.41, 5.74) is 2.16. The Morgan fingerprint density at radius 2 is 1.63 bits per heavy atom. The molecule has 1 aromatic rings. The van der Waals surface area contributed by atoms with Gasteiger partial charge in [0.1, 0.15) is 5.76 Å². The number of furan rings is 1. The molecule has 0 aromatic carbocycles. The molecule has 0 radical (unpaired) electrons. The van der Waals surface area contributed by atoms with Crippen LogP contribution in [0.4, 0.5) is 0 Å². The van der Waals surface area contributed by atoms with Crippen molar-refractivity contribution in [3.63, 3.8) is 0 Å². The van der Waals surface area contributed by atoms with Crippen molar-refractivity contribution in [1.82, 2.24) is 0 Å². The molecular weight excluding hydrogens is 468 g/mol. The molecule has 7 rings (SSSR count). The molecule has 2 heterocycles. The van der Waals surface area contributed by atoms with Crippen LogP contribution in [0.25, 0.3) is 6.08 Å². The molecule has 3 heteroatoms. The first-order valence-electron chi connectivity index (χ1n) is 15.7. The highest BCUT2D eigenvalue weighted by Gasteiger charge is 2.73. The van der Waals surface area contributed by atoms with Gasteiger partial charge in [-0.05, 0) is 132 Å². The van der Waals surface area contributed by atoms with Crippen molar-refractivity contribution in [2.45, 2.75) is 112 Å². The first-order valence-corrected chi connectivity index (χ1v) is 15.7. The zero-order valence-electron chi connectivity index (χ0n) is 25.0. The van der Waals surface area contributed by atoms with E-state index in [4.69, 9.17) is 9.15 Å². The summed E-state index contributed by atoms with van der Waals surface area (Å²) >= 11 is 0. The number of hydrogen-bond donors (Lipinski definition) is 0. The van der Waals surface area contributed by atoms with Gasteiger partial charge in [0, 0.05) is 5.41 Å². The molecule has 0 amide bonds. The molecule has 2 bridgehead atoms. The first kappa shape index (κ1) is 25.6. The second-order valence-electron chi connectivity index (χ2n) is 16.7. The fraction of sp³-hybridized carbons (Fsp3) is 0.800. The monoisotopic (exact) mass is 518 g/mol. The molecule has 5 saturated carbocycles. The van der Waals surface area contributed by atoms with Gasteiger partial charge in [-0.1, -0.05) is 48.5 Å². The Hall–Kier alpha value is -1.35. The van der Waals surface area contributed by atoms with Crippen molar-refractivity contribution in [2.24, 2.45) is 56.2 Å². The lowest BCUT2D eigenvalue weighted by molar-refractivity contribution is -0.236. The zero-order valence-corrected chi connectivity index (χ0v) is 25.0. The normalized spacial score (nSPS) is 51.6. The second kappa shape index (κ2) is 7.68. The third-order valence-corrected chi connectivity index (χ3v) is 14.6. The molecule has 6 fully saturated rings. The van der Waals surface area contributed by atoms with Crippen LogP contribution >= 0.6 is 0 Å². The number of carbonyl (C=O) groups is 1. The van der Waals surface area contributed by atoms with Gasteiger partial charge >= 0.3 is 0 Å². The minimum Gasteiger partial charge on any atom is -0.465 e. The SMILES string of the molecule is CC1(C)C(=O)C(=Cc2ccco2)C[C@@]2(C)C1CC[C@]1(C)C2CCC2C3[C@H]4OC[C@@]3(CCC4(C)C)CC[C@]21C. The van der Waals surface area contributed by atoms with Crippen LogP contribution in [0.15, 0.2) is 28.4 Å². The fourth-order valence-electron chi connectivity index (χ4n) is 12.5. The van der Waals surface area contributed by atoms with E-state index >= 15 is 0 Å². The van der Waals surface area contributed by atoms with Gasteiger partial charge in [0.05, 0.1) is 19.0 Å². The molecule has 1 aliphatic heterocycles. The number of rotatable bonds is 1. The molecule has 208 valence electrons. The van der Waals surface area contributed by atoms with E-state index in [-0.39, 0.29) is 10.8 Å². The molecule has 6 aliphatic rings. The smallest absolute Gasteiger partial charge is 0.164 e. The predicted octanol–water partition coefficient (Wildman–Crippen LogP) is 8.73. The molecular formula is C35H50O3. The minimum atomic E-state index is -0.332. The maximum Gasteiger partial charge on any atom is 0.164 e. The van der Waals surface area contributed by atoms with Crippen molar-refractivity contribution in [3.8, 4) is 0 Å². The first-order chi connectivity index (χ1) is 17.8. The Morgan fingerprint density at radius 1 is 0.868 bits per heavy atom. The van der Waals surface area contributed by atoms with E-state index in [0.29, 0.717) is 45.4 Å². The van der Waals surface area contributed by atoms with Gasteiger partial charge in [-0.3, -0.25) is 4.79 Å². The number of ether oxygens (including phenoxy) is 1. The van der Waals surface area contributed by atoms with Crippen LogP contribution in [0.2, 0.25) is 0 Å². The van der Waals surface area contributed by atoms with Crippen LogP contribution in [0, 0.1) is 56.2 Å². The summed E-state index contributed by atoms with van der Waals surface area (Å²) in [5.74, 6) is 3.74. The van der Waals surface area contributed by atoms with E-state index in [1.807, 2.05) is 12.1 Å². The van der Waals surface area contributed by atoms with Gasteiger partial charge in [-0.25, -0.2) is 0 Å². The Bertz CT molecular complexity index is 1170. The average Bonchev–Trinajstić information content (AvgIpc) is 3.47. The van der Waals surface area contributed by atoms with Crippen molar-refractivity contribution >= 4 is 11.9 Å². The van der Waals surface area contributed by atoms with Crippen LogP contribution in [0.5, 0.6) is 0 Å². The molecule has 1 aromatic heterocycles. The second-order valence-corrected chi connectivity index (χ2v) is 16.7. The Labute approximate surface area is 230 Å². The Kier molecular flexibility index (Phi) is 5.18. The number of fused-ring (bicyclic) bond motifs is 5. The lowest BCUT2D eigenvalue weighted by Crippen LogP contribution is -2.67. The summed E-state index contributed by atoms with van der Waals surface area (Å²) in [5, 5.41) is 0. The maximum atomic E-state index is 13.9. The number of allylic oxidation sites excluding steroid dienone is 1. The summed E-state index contributed by atoms with van der Waals surface area (Å²) in [6, 6.07) is 3.91. The number of ketones is 1. The standard InChI is InChI=1S/C35H50O3/c1-30(2)14-16-35-17-15-33(6)24(27(35)29(30)38-21-35)10-11-26-32(5)20-22(19-23-9-8-18-37-23)28(36)31(3,4)25(32)12-13-34(26,33)7/h8-9,18-19,24-27,29H,10-17,20-21H2,1-7H3/t24?,25?,26?,27?,29-,32+,33-,34-,35-/m1/s1. The van der Waals surface area contributed by atoms with E-state index < -0.39 is 0 Å². The summed E-state index contributed by atoms with van der Waals surface area (Å²) < 4.78 is 12.4. The third kappa shape index (κ3) is 2.98. The molecule has 4 unspecified atom stereocenters. The maximum absolute atomic E-state index is 13.9. The highest BCUT2D eigenvalue weighted by atomic mass is 16.5. The lowest BCUT2D eigenvalue weighted by atomic mass is 9.31. The van der Waals surface area contributed by atoms with Gasteiger partial charge in [-0.2, -0.15) is 0 Å². The van der Waals surface area contributed by atoms with Gasteiger partial charge in [0.25, 0.3) is 0 Å². The van der Waals surface area contributed by atoms with Crippen molar-refractivity contribution in [3.05, 3.63) is 29.7 Å². The van der Waals surface area contributed by atoms with Crippen LogP contribution in [0.1, 0.15) is 112 Å². The zero-order chi connectivity index (χ0) is 26.9. The predicted molar refractivity (Wildman–Crippen MR) is 151 cm³/mol. The summed E-state index contributed by atoms with van der Waals surface area (Å²) in [7, 11) is 0. The van der Waals surface area contributed by atoms with Crippen LogP contribution < -0.4 is 0 Å². The number of carbonyl (C=O) groups excluding carboxylic acids is 1. The summed E-state index contributed by atoms with van der Waals surface area (Å²) in [4.78, 5) is 13.9. The van der Waals surface area contributed by atoms with E-state index in [1.165, 1.54) is 51.4 Å². The third-order valence-electron chi connectivity index (χ3n) is 14.6. The summed E-state index contributed by atoms with van der Waals surface area (Å²) in [6.07, 6.45) is 15.6. The largest absolute Gasteiger partial charge is 0.465 e. The fourth-order valence-corrected chi connectivity index (χ4v) is 12.5. The molecule has 0 N–H and O–H groups in total. The summed E-state index contributed by atoms with van der Waals surface area (Å²) in [6.45, 7) is 18.4. The van der Waals surface area contributed by atoms with Gasteiger partial charge in [-0.15, -0.1) is 0 Å². The highest BCUT2D eigenvalue weighted by Crippen LogP contribution is 2.78. The number of Topliss-reactive ketones (excluding diaryl/α,β-unsaturated/α-hetero) is 1. The van der Waals surface area contributed by atoms with Crippen molar-refractivity contribution in [1.29, 1.82) is 0 Å².